The average molecular weight is 208 g/mol. The Morgan fingerprint density at radius 2 is 2.08 bits per heavy atom. The van der Waals surface area contributed by atoms with Crippen molar-refractivity contribution >= 4 is 15.7 Å². The number of halogens is 2. The third kappa shape index (κ3) is 1.74. The van der Waals surface area contributed by atoms with Crippen molar-refractivity contribution < 1.29 is 17.2 Å². The number of hydrogen-bond acceptors (Lipinski definition) is 4. The Balaban J connectivity index is 3.32. The Kier molecular flexibility index (Phi) is 2.46. The molecule has 0 amide bonds. The fourth-order valence-corrected chi connectivity index (χ4v) is 1.54. The molecule has 0 aromatic carbocycles. The smallest absolute Gasteiger partial charge is 0.341 e. The van der Waals surface area contributed by atoms with Gasteiger partial charge in [-0.3, -0.25) is 0 Å². The van der Waals surface area contributed by atoms with Crippen molar-refractivity contribution in [1.29, 1.82) is 0 Å². The van der Waals surface area contributed by atoms with Gasteiger partial charge in [-0.1, -0.05) is 0 Å². The molecule has 0 saturated carbocycles. The summed E-state index contributed by atoms with van der Waals surface area (Å²) in [4.78, 5) is 2.76. The van der Waals surface area contributed by atoms with Gasteiger partial charge in [0.05, 0.1) is 0 Å². The normalized spacial score (nSPS) is 11.9. The lowest BCUT2D eigenvalue weighted by Gasteiger charge is -2.03. The molecular weight excluding hydrogens is 202 g/mol. The van der Waals surface area contributed by atoms with Crippen LogP contribution in [0.5, 0.6) is 0 Å². The first-order valence-electron chi connectivity index (χ1n) is 3.19. The van der Waals surface area contributed by atoms with Crippen LogP contribution in [0.2, 0.25) is 0 Å². The highest BCUT2D eigenvalue weighted by Crippen LogP contribution is 2.21. The lowest BCUT2D eigenvalue weighted by atomic mass is 10.5. The largest absolute Gasteiger partial charge is 0.383 e. The molecule has 0 aliphatic heterocycles. The minimum atomic E-state index is -4.63. The molecule has 1 aromatic rings. The zero-order valence-electron chi connectivity index (χ0n) is 6.31. The highest BCUT2D eigenvalue weighted by atomic mass is 32.2. The van der Waals surface area contributed by atoms with Crippen LogP contribution in [-0.2, 0) is 9.84 Å². The molecule has 0 saturated heterocycles. The molecular formula is C6H6F2N2O2S. The molecule has 0 spiro atoms. The van der Waals surface area contributed by atoms with Crippen LogP contribution < -0.4 is 5.73 Å². The molecule has 72 valence electrons. The van der Waals surface area contributed by atoms with E-state index in [1.54, 1.807) is 0 Å². The second-order valence-electron chi connectivity index (χ2n) is 2.19. The number of anilines is 1. The number of hydrogen-bond donors (Lipinski definition) is 1. The van der Waals surface area contributed by atoms with E-state index in [4.69, 9.17) is 5.73 Å². The average Bonchev–Trinajstić information content (AvgIpc) is 2.04. The van der Waals surface area contributed by atoms with Gasteiger partial charge in [-0.05, 0) is 12.1 Å². The molecule has 1 aromatic heterocycles. The van der Waals surface area contributed by atoms with Crippen LogP contribution in [-0.4, -0.2) is 19.2 Å². The van der Waals surface area contributed by atoms with Gasteiger partial charge in [0, 0.05) is 6.20 Å². The minimum Gasteiger partial charge on any atom is -0.383 e. The van der Waals surface area contributed by atoms with Crippen LogP contribution in [0.15, 0.2) is 23.2 Å². The number of sulfone groups is 1. The topological polar surface area (TPSA) is 73.0 Å². The SMILES string of the molecule is Nc1ncccc1S(=O)(=O)C(F)F. The molecule has 0 aliphatic rings. The van der Waals surface area contributed by atoms with Crippen LogP contribution >= 0.6 is 0 Å². The van der Waals surface area contributed by atoms with Crippen molar-refractivity contribution in [1.82, 2.24) is 4.98 Å². The Morgan fingerprint density at radius 3 is 2.54 bits per heavy atom. The lowest BCUT2D eigenvalue weighted by molar-refractivity contribution is 0.235. The molecule has 0 radical (unpaired) electrons. The number of nitrogen functional groups attached to an aromatic ring is 1. The van der Waals surface area contributed by atoms with Crippen molar-refractivity contribution in [2.24, 2.45) is 0 Å². The van der Waals surface area contributed by atoms with Crippen molar-refractivity contribution in [2.75, 3.05) is 5.73 Å². The van der Waals surface area contributed by atoms with Gasteiger partial charge < -0.3 is 5.73 Å². The molecule has 13 heavy (non-hydrogen) atoms. The molecule has 1 heterocycles. The Labute approximate surface area is 73.3 Å². The van der Waals surface area contributed by atoms with E-state index in [1.807, 2.05) is 0 Å². The maximum Gasteiger partial charge on any atom is 0.341 e. The number of alkyl halides is 2. The van der Waals surface area contributed by atoms with E-state index in [9.17, 15) is 17.2 Å². The van der Waals surface area contributed by atoms with Gasteiger partial charge in [0.2, 0.25) is 9.84 Å². The van der Waals surface area contributed by atoms with E-state index in [1.165, 1.54) is 12.3 Å². The summed E-state index contributed by atoms with van der Waals surface area (Å²) in [5, 5.41) is 0. The highest BCUT2D eigenvalue weighted by molar-refractivity contribution is 7.91. The summed E-state index contributed by atoms with van der Waals surface area (Å²) < 4.78 is 45.8. The standard InChI is InChI=1S/C6H6F2N2O2S/c7-6(8)13(11,12)4-2-1-3-10-5(4)9/h1-3,6H,(H2,9,10). The molecule has 7 heteroatoms. The number of aromatic nitrogens is 1. The van der Waals surface area contributed by atoms with Crippen LogP contribution in [0.4, 0.5) is 14.6 Å². The van der Waals surface area contributed by atoms with Gasteiger partial charge in [-0.25, -0.2) is 13.4 Å². The molecule has 0 bridgehead atoms. The molecule has 0 aliphatic carbocycles. The second kappa shape index (κ2) is 3.25. The van der Waals surface area contributed by atoms with E-state index in [0.717, 1.165) is 6.07 Å². The molecule has 0 fully saturated rings. The molecule has 2 N–H and O–H groups in total. The quantitative estimate of drug-likeness (QED) is 0.774. The Bertz CT molecular complexity index is 405. The maximum absolute atomic E-state index is 12.0. The van der Waals surface area contributed by atoms with Gasteiger partial charge in [0.15, 0.2) is 0 Å². The molecule has 0 atom stereocenters. The van der Waals surface area contributed by atoms with E-state index in [0.29, 0.717) is 0 Å². The summed E-state index contributed by atoms with van der Waals surface area (Å²) in [5.41, 5.74) is 5.12. The summed E-state index contributed by atoms with van der Waals surface area (Å²) in [6, 6.07) is 2.22. The number of nitrogens with two attached hydrogens (primary N) is 1. The highest BCUT2D eigenvalue weighted by Gasteiger charge is 2.28. The summed E-state index contributed by atoms with van der Waals surface area (Å²) in [7, 11) is -4.63. The molecule has 4 nitrogen and oxygen atoms in total. The maximum atomic E-state index is 12.0. The van der Waals surface area contributed by atoms with Crippen molar-refractivity contribution in [3.05, 3.63) is 18.3 Å². The van der Waals surface area contributed by atoms with Crippen molar-refractivity contribution in [3.63, 3.8) is 0 Å². The van der Waals surface area contributed by atoms with Crippen LogP contribution in [0, 0.1) is 0 Å². The third-order valence-corrected chi connectivity index (χ3v) is 2.77. The van der Waals surface area contributed by atoms with Gasteiger partial charge in [-0.15, -0.1) is 0 Å². The zero-order chi connectivity index (χ0) is 10.1. The monoisotopic (exact) mass is 208 g/mol. The summed E-state index contributed by atoms with van der Waals surface area (Å²) in [6.07, 6.45) is 1.22. The van der Waals surface area contributed by atoms with E-state index in [2.05, 4.69) is 4.98 Å². The van der Waals surface area contributed by atoms with Crippen LogP contribution in [0.25, 0.3) is 0 Å². The third-order valence-electron chi connectivity index (χ3n) is 1.34. The second-order valence-corrected chi connectivity index (χ2v) is 4.08. The van der Waals surface area contributed by atoms with E-state index in [-0.39, 0.29) is 0 Å². The number of nitrogens with zero attached hydrogens (tertiary/aromatic N) is 1. The van der Waals surface area contributed by atoms with E-state index < -0.39 is 26.3 Å². The number of rotatable bonds is 2. The molecule has 0 unspecified atom stereocenters. The zero-order valence-corrected chi connectivity index (χ0v) is 7.13. The lowest BCUT2D eigenvalue weighted by Crippen LogP contribution is -2.13. The first-order valence-corrected chi connectivity index (χ1v) is 4.73. The van der Waals surface area contributed by atoms with Gasteiger partial charge in [0.25, 0.3) is 0 Å². The summed E-state index contributed by atoms with van der Waals surface area (Å²) in [5.74, 6) is -3.89. The van der Waals surface area contributed by atoms with Crippen LogP contribution in [0.1, 0.15) is 0 Å². The molecule has 1 rings (SSSR count). The number of pyridine rings is 1. The predicted molar refractivity (Wildman–Crippen MR) is 41.8 cm³/mol. The van der Waals surface area contributed by atoms with Crippen molar-refractivity contribution in [3.8, 4) is 0 Å². The summed E-state index contributed by atoms with van der Waals surface area (Å²) in [6.45, 7) is 0. The van der Waals surface area contributed by atoms with Gasteiger partial charge in [0.1, 0.15) is 10.7 Å². The van der Waals surface area contributed by atoms with E-state index >= 15 is 0 Å². The summed E-state index contributed by atoms with van der Waals surface area (Å²) >= 11 is 0. The van der Waals surface area contributed by atoms with Crippen LogP contribution in [0.3, 0.4) is 0 Å². The first kappa shape index (κ1) is 9.85. The minimum absolute atomic E-state index is 0.414. The Hall–Kier alpha value is -1.24. The van der Waals surface area contributed by atoms with Gasteiger partial charge >= 0.3 is 5.76 Å². The fraction of sp³-hybridized carbons (Fsp3) is 0.167. The van der Waals surface area contributed by atoms with Gasteiger partial charge in [-0.2, -0.15) is 8.78 Å². The fourth-order valence-electron chi connectivity index (χ4n) is 0.739. The first-order chi connectivity index (χ1) is 5.96. The van der Waals surface area contributed by atoms with Crippen molar-refractivity contribution in [2.45, 2.75) is 10.7 Å². The Morgan fingerprint density at radius 1 is 1.46 bits per heavy atom. The predicted octanol–water partition coefficient (Wildman–Crippen LogP) is 0.660.